The van der Waals surface area contributed by atoms with Crippen molar-refractivity contribution in [2.45, 2.75) is 6.42 Å². The Morgan fingerprint density at radius 3 is 2.65 bits per heavy atom. The van der Waals surface area contributed by atoms with Gasteiger partial charge in [0.1, 0.15) is 5.15 Å². The van der Waals surface area contributed by atoms with Gasteiger partial charge < -0.3 is 5.21 Å². The number of nitrogens with zero attached hydrogens (tertiary/aromatic N) is 3. The molecule has 0 aliphatic heterocycles. The van der Waals surface area contributed by atoms with Crippen LogP contribution in [-0.4, -0.2) is 20.9 Å². The number of oxime groups is 1. The fourth-order valence-electron chi connectivity index (χ4n) is 1.46. The van der Waals surface area contributed by atoms with Crippen molar-refractivity contribution in [2.24, 2.45) is 5.16 Å². The van der Waals surface area contributed by atoms with E-state index in [1.165, 1.54) is 0 Å². The molecule has 0 radical (unpaired) electrons. The maximum absolute atomic E-state index is 9.02. The Kier molecular flexibility index (Phi) is 3.67. The summed E-state index contributed by atoms with van der Waals surface area (Å²) in [5.74, 6) is 0. The van der Waals surface area contributed by atoms with Gasteiger partial charge in [-0.15, -0.1) is 0 Å². The number of hydrogen-bond donors (Lipinski definition) is 1. The molecule has 2 aromatic rings. The minimum Gasteiger partial charge on any atom is -0.411 e. The first-order chi connectivity index (χ1) is 8.29. The van der Waals surface area contributed by atoms with Gasteiger partial charge in [-0.25, -0.2) is 4.98 Å². The zero-order chi connectivity index (χ0) is 12.1. The van der Waals surface area contributed by atoms with Crippen molar-refractivity contribution in [2.75, 3.05) is 0 Å². The van der Waals surface area contributed by atoms with Gasteiger partial charge in [0.25, 0.3) is 0 Å². The third kappa shape index (κ3) is 3.01. The van der Waals surface area contributed by atoms with Gasteiger partial charge in [-0.2, -0.15) is 0 Å². The van der Waals surface area contributed by atoms with Gasteiger partial charge >= 0.3 is 0 Å². The summed E-state index contributed by atoms with van der Waals surface area (Å²) in [6.45, 7) is 0. The molecule has 0 aromatic carbocycles. The van der Waals surface area contributed by atoms with E-state index in [0.717, 1.165) is 11.3 Å². The van der Waals surface area contributed by atoms with E-state index in [1.807, 2.05) is 12.1 Å². The average Bonchev–Trinajstić information content (AvgIpc) is 2.37. The Morgan fingerprint density at radius 1 is 1.24 bits per heavy atom. The maximum Gasteiger partial charge on any atom is 0.129 e. The summed E-state index contributed by atoms with van der Waals surface area (Å²) in [6, 6.07) is 8.90. The smallest absolute Gasteiger partial charge is 0.129 e. The third-order valence-electron chi connectivity index (χ3n) is 2.26. The normalized spacial score (nSPS) is 11.5. The number of rotatable bonds is 3. The zero-order valence-electron chi connectivity index (χ0n) is 8.92. The molecule has 1 N–H and O–H groups in total. The molecule has 0 aliphatic rings. The van der Waals surface area contributed by atoms with Crippen LogP contribution >= 0.6 is 11.6 Å². The molecule has 0 aliphatic carbocycles. The molecule has 0 atom stereocenters. The van der Waals surface area contributed by atoms with Crippen LogP contribution < -0.4 is 0 Å². The molecule has 0 fully saturated rings. The maximum atomic E-state index is 9.02. The first-order valence-electron chi connectivity index (χ1n) is 5.02. The quantitative estimate of drug-likeness (QED) is 0.392. The molecular formula is C12H10ClN3O. The molecule has 86 valence electrons. The van der Waals surface area contributed by atoms with Gasteiger partial charge in [0, 0.05) is 30.1 Å². The van der Waals surface area contributed by atoms with E-state index in [9.17, 15) is 0 Å². The molecule has 2 heterocycles. The highest BCUT2D eigenvalue weighted by atomic mass is 35.5. The fraction of sp³-hybridized carbons (Fsp3) is 0.0833. The van der Waals surface area contributed by atoms with Crippen LogP contribution in [0, 0.1) is 0 Å². The van der Waals surface area contributed by atoms with Gasteiger partial charge in [0.15, 0.2) is 0 Å². The van der Waals surface area contributed by atoms with Crippen LogP contribution in [0.2, 0.25) is 5.15 Å². The second kappa shape index (κ2) is 5.41. The van der Waals surface area contributed by atoms with E-state index < -0.39 is 0 Å². The van der Waals surface area contributed by atoms with Gasteiger partial charge in [-0.3, -0.25) is 4.98 Å². The number of halogens is 1. The standard InChI is InChI=1S/C12H10ClN3O/c13-12-3-1-2-10(15-12)8-11(16-17)9-4-6-14-7-5-9/h1-7,17H,8H2/b16-11-. The predicted molar refractivity (Wildman–Crippen MR) is 65.5 cm³/mol. The lowest BCUT2D eigenvalue weighted by atomic mass is 10.1. The topological polar surface area (TPSA) is 58.4 Å². The number of aromatic nitrogens is 2. The minimum absolute atomic E-state index is 0.418. The predicted octanol–water partition coefficient (Wildman–Crippen LogP) is 2.55. The van der Waals surface area contributed by atoms with E-state index in [2.05, 4.69) is 15.1 Å². The highest BCUT2D eigenvalue weighted by Crippen LogP contribution is 2.09. The Morgan fingerprint density at radius 2 is 2.00 bits per heavy atom. The molecule has 0 saturated carbocycles. The monoisotopic (exact) mass is 247 g/mol. The number of hydrogen-bond acceptors (Lipinski definition) is 4. The second-order valence-electron chi connectivity index (χ2n) is 3.41. The van der Waals surface area contributed by atoms with E-state index in [4.69, 9.17) is 16.8 Å². The molecular weight excluding hydrogens is 238 g/mol. The summed E-state index contributed by atoms with van der Waals surface area (Å²) in [4.78, 5) is 8.05. The summed E-state index contributed by atoms with van der Waals surface area (Å²) < 4.78 is 0. The van der Waals surface area contributed by atoms with E-state index in [1.54, 1.807) is 30.6 Å². The van der Waals surface area contributed by atoms with E-state index in [0.29, 0.717) is 17.3 Å². The molecule has 2 rings (SSSR count). The zero-order valence-corrected chi connectivity index (χ0v) is 9.67. The Hall–Kier alpha value is -1.94. The van der Waals surface area contributed by atoms with Gasteiger partial charge in [0.05, 0.1) is 5.71 Å². The molecule has 0 bridgehead atoms. The molecule has 17 heavy (non-hydrogen) atoms. The Bertz CT molecular complexity index is 528. The van der Waals surface area contributed by atoms with Crippen molar-refractivity contribution in [1.82, 2.24) is 9.97 Å². The third-order valence-corrected chi connectivity index (χ3v) is 2.47. The van der Waals surface area contributed by atoms with Crippen molar-refractivity contribution < 1.29 is 5.21 Å². The van der Waals surface area contributed by atoms with Crippen LogP contribution in [0.4, 0.5) is 0 Å². The van der Waals surface area contributed by atoms with Crippen LogP contribution in [0.15, 0.2) is 47.9 Å². The molecule has 5 heteroatoms. The van der Waals surface area contributed by atoms with Crippen LogP contribution in [-0.2, 0) is 6.42 Å². The van der Waals surface area contributed by atoms with Crippen molar-refractivity contribution >= 4 is 17.3 Å². The summed E-state index contributed by atoms with van der Waals surface area (Å²) in [6.07, 6.45) is 3.71. The van der Waals surface area contributed by atoms with Crippen molar-refractivity contribution in [3.8, 4) is 0 Å². The molecule has 2 aromatic heterocycles. The molecule has 0 saturated heterocycles. The van der Waals surface area contributed by atoms with Crippen LogP contribution in [0.3, 0.4) is 0 Å². The minimum atomic E-state index is 0.418. The highest BCUT2D eigenvalue weighted by molar-refractivity contribution is 6.29. The van der Waals surface area contributed by atoms with E-state index >= 15 is 0 Å². The first kappa shape index (κ1) is 11.5. The van der Waals surface area contributed by atoms with Crippen molar-refractivity contribution in [1.29, 1.82) is 0 Å². The van der Waals surface area contributed by atoms with Crippen LogP contribution in [0.25, 0.3) is 0 Å². The highest BCUT2D eigenvalue weighted by Gasteiger charge is 2.06. The summed E-state index contributed by atoms with van der Waals surface area (Å²) >= 11 is 5.79. The second-order valence-corrected chi connectivity index (χ2v) is 3.80. The van der Waals surface area contributed by atoms with E-state index in [-0.39, 0.29) is 0 Å². The average molecular weight is 248 g/mol. The van der Waals surface area contributed by atoms with Crippen molar-refractivity contribution in [3.63, 3.8) is 0 Å². The van der Waals surface area contributed by atoms with Gasteiger partial charge in [-0.05, 0) is 24.3 Å². The Labute approximate surface area is 104 Å². The first-order valence-corrected chi connectivity index (χ1v) is 5.40. The molecule has 4 nitrogen and oxygen atoms in total. The SMILES string of the molecule is O/N=C(/Cc1cccc(Cl)n1)c1ccncc1. The lowest BCUT2D eigenvalue weighted by Crippen LogP contribution is -2.06. The van der Waals surface area contributed by atoms with Gasteiger partial charge in [0.2, 0.25) is 0 Å². The molecule has 0 spiro atoms. The lowest BCUT2D eigenvalue weighted by Gasteiger charge is -2.04. The lowest BCUT2D eigenvalue weighted by molar-refractivity contribution is 0.318. The largest absolute Gasteiger partial charge is 0.411 e. The summed E-state index contributed by atoms with van der Waals surface area (Å²) in [5.41, 5.74) is 2.09. The number of pyridine rings is 2. The molecule has 0 unspecified atom stereocenters. The van der Waals surface area contributed by atoms with Crippen LogP contribution in [0.1, 0.15) is 11.3 Å². The summed E-state index contributed by atoms with van der Waals surface area (Å²) in [5, 5.41) is 12.7. The van der Waals surface area contributed by atoms with Crippen molar-refractivity contribution in [3.05, 3.63) is 59.1 Å². The Balaban J connectivity index is 2.23. The van der Waals surface area contributed by atoms with Crippen LogP contribution in [0.5, 0.6) is 0 Å². The fourth-order valence-corrected chi connectivity index (χ4v) is 1.64. The molecule has 0 amide bonds. The summed E-state index contributed by atoms with van der Waals surface area (Å²) in [7, 11) is 0. The van der Waals surface area contributed by atoms with Gasteiger partial charge in [-0.1, -0.05) is 22.8 Å².